The molecule has 24 heavy (non-hydrogen) atoms. The van der Waals surface area contributed by atoms with Gasteiger partial charge in [-0.3, -0.25) is 4.79 Å². The first-order valence-electron chi connectivity index (χ1n) is 7.83. The summed E-state index contributed by atoms with van der Waals surface area (Å²) < 4.78 is 5.32. The number of para-hydroxylation sites is 1. The minimum Gasteiger partial charge on any atom is -0.403 e. The van der Waals surface area contributed by atoms with E-state index >= 15 is 0 Å². The van der Waals surface area contributed by atoms with Crippen molar-refractivity contribution in [3.63, 3.8) is 0 Å². The van der Waals surface area contributed by atoms with Gasteiger partial charge in [-0.1, -0.05) is 32.0 Å². The van der Waals surface area contributed by atoms with Crippen LogP contribution < -0.4 is 10.9 Å². The minimum absolute atomic E-state index is 0.0462. The second-order valence-electron chi connectivity index (χ2n) is 6.05. The van der Waals surface area contributed by atoms with Crippen LogP contribution in [0.5, 0.6) is 0 Å². The number of nitrogens with zero attached hydrogens (tertiary/aromatic N) is 1. The van der Waals surface area contributed by atoms with Gasteiger partial charge in [0, 0.05) is 17.7 Å². The van der Waals surface area contributed by atoms with Crippen LogP contribution in [0.25, 0.3) is 22.4 Å². The van der Waals surface area contributed by atoms with Crippen LogP contribution in [-0.4, -0.2) is 10.9 Å². The zero-order valence-electron chi connectivity index (χ0n) is 13.6. The number of carbonyl (C=O) groups excluding carboxylic acids is 1. The molecule has 0 aliphatic rings. The maximum atomic E-state index is 12.1. The maximum absolute atomic E-state index is 12.1. The van der Waals surface area contributed by atoms with E-state index in [4.69, 9.17) is 4.42 Å². The molecule has 0 spiro atoms. The van der Waals surface area contributed by atoms with Crippen molar-refractivity contribution in [3.8, 4) is 11.5 Å². The van der Waals surface area contributed by atoms with Crippen molar-refractivity contribution in [1.29, 1.82) is 0 Å². The lowest BCUT2D eigenvalue weighted by Crippen LogP contribution is -2.13. The van der Waals surface area contributed by atoms with Gasteiger partial charge in [0.1, 0.15) is 0 Å². The predicted octanol–water partition coefficient (Wildman–Crippen LogP) is 3.84. The highest BCUT2D eigenvalue weighted by molar-refractivity contribution is 5.91. The van der Waals surface area contributed by atoms with Gasteiger partial charge in [0.05, 0.1) is 10.9 Å². The molecule has 1 N–H and O–H groups in total. The van der Waals surface area contributed by atoms with Crippen LogP contribution in [0.2, 0.25) is 0 Å². The van der Waals surface area contributed by atoms with E-state index in [1.54, 1.807) is 42.5 Å². The van der Waals surface area contributed by atoms with E-state index < -0.39 is 5.63 Å². The molecule has 5 nitrogen and oxygen atoms in total. The molecule has 0 bridgehead atoms. The van der Waals surface area contributed by atoms with Gasteiger partial charge in [0.25, 0.3) is 0 Å². The molecule has 122 valence electrons. The fourth-order valence-corrected chi connectivity index (χ4v) is 2.46. The quantitative estimate of drug-likeness (QED) is 0.792. The maximum Gasteiger partial charge on any atom is 0.347 e. The van der Waals surface area contributed by atoms with Gasteiger partial charge in [0.2, 0.25) is 11.8 Å². The van der Waals surface area contributed by atoms with Gasteiger partial charge < -0.3 is 9.73 Å². The van der Waals surface area contributed by atoms with Crippen LogP contribution in [0.15, 0.2) is 57.7 Å². The Labute approximate surface area is 139 Å². The molecular formula is C19H18N2O3. The van der Waals surface area contributed by atoms with Gasteiger partial charge in [-0.2, -0.15) is 0 Å². The van der Waals surface area contributed by atoms with E-state index in [0.29, 0.717) is 28.6 Å². The summed E-state index contributed by atoms with van der Waals surface area (Å²) in [5.74, 6) is 0.474. The van der Waals surface area contributed by atoms with Crippen molar-refractivity contribution in [1.82, 2.24) is 4.98 Å². The molecule has 0 atom stereocenters. The summed E-state index contributed by atoms with van der Waals surface area (Å²) in [6.07, 6.45) is 0.452. The molecule has 0 aliphatic heterocycles. The third kappa shape index (κ3) is 3.51. The fourth-order valence-electron chi connectivity index (χ4n) is 2.46. The molecule has 0 aliphatic carbocycles. The molecule has 0 fully saturated rings. The van der Waals surface area contributed by atoms with E-state index in [9.17, 15) is 9.59 Å². The first-order valence-corrected chi connectivity index (χ1v) is 7.83. The summed E-state index contributed by atoms with van der Waals surface area (Å²) in [6, 6.07) is 14.2. The number of hydrogen-bond donors (Lipinski definition) is 1. The van der Waals surface area contributed by atoms with Crippen molar-refractivity contribution in [2.75, 3.05) is 5.32 Å². The summed E-state index contributed by atoms with van der Waals surface area (Å²) >= 11 is 0. The number of amides is 1. The second kappa shape index (κ2) is 6.66. The molecule has 0 radical (unpaired) electrons. The summed E-state index contributed by atoms with van der Waals surface area (Å²) in [7, 11) is 0. The highest BCUT2D eigenvalue weighted by Gasteiger charge is 2.10. The summed E-state index contributed by atoms with van der Waals surface area (Å²) in [5.41, 5.74) is 1.44. The summed E-state index contributed by atoms with van der Waals surface area (Å²) in [6.45, 7) is 3.98. The van der Waals surface area contributed by atoms with Gasteiger partial charge in [-0.05, 0) is 36.2 Å². The molecule has 5 heteroatoms. The van der Waals surface area contributed by atoms with Crippen LogP contribution in [0.4, 0.5) is 5.69 Å². The van der Waals surface area contributed by atoms with Crippen LogP contribution >= 0.6 is 0 Å². The lowest BCUT2D eigenvalue weighted by Gasteiger charge is -2.08. The summed E-state index contributed by atoms with van der Waals surface area (Å²) in [4.78, 5) is 28.4. The molecule has 0 saturated carbocycles. The van der Waals surface area contributed by atoms with Gasteiger partial charge in [-0.15, -0.1) is 0 Å². The number of carbonyl (C=O) groups is 1. The average molecular weight is 322 g/mol. The van der Waals surface area contributed by atoms with E-state index in [1.165, 1.54) is 0 Å². The van der Waals surface area contributed by atoms with Crippen molar-refractivity contribution in [2.24, 2.45) is 5.92 Å². The van der Waals surface area contributed by atoms with Crippen molar-refractivity contribution < 1.29 is 9.21 Å². The standard InChI is InChI=1S/C19H18N2O3/c1-12(2)10-17(22)20-14-7-5-6-13(11-14)18-21-16-9-4-3-8-15(16)19(23)24-18/h3-9,11-12H,10H2,1-2H3,(H,20,22). The highest BCUT2D eigenvalue weighted by Crippen LogP contribution is 2.22. The Balaban J connectivity index is 1.94. The first-order chi connectivity index (χ1) is 11.5. The minimum atomic E-state index is -0.426. The van der Waals surface area contributed by atoms with Crippen LogP contribution in [0, 0.1) is 5.92 Å². The average Bonchev–Trinajstić information content (AvgIpc) is 2.54. The SMILES string of the molecule is CC(C)CC(=O)Nc1cccc(-c2nc3ccccc3c(=O)o2)c1. The second-order valence-corrected chi connectivity index (χ2v) is 6.05. The first kappa shape index (κ1) is 15.9. The Morgan fingerprint density at radius 1 is 1.17 bits per heavy atom. The van der Waals surface area contributed by atoms with Gasteiger partial charge in [-0.25, -0.2) is 9.78 Å². The van der Waals surface area contributed by atoms with Gasteiger partial charge >= 0.3 is 5.63 Å². The third-order valence-electron chi connectivity index (χ3n) is 3.52. The van der Waals surface area contributed by atoms with Crippen LogP contribution in [0.1, 0.15) is 20.3 Å². The zero-order chi connectivity index (χ0) is 17.1. The molecule has 1 heterocycles. The number of nitrogens with one attached hydrogen (secondary N) is 1. The molecule has 1 aromatic heterocycles. The number of aromatic nitrogens is 1. The Kier molecular flexibility index (Phi) is 4.42. The lowest BCUT2D eigenvalue weighted by molar-refractivity contribution is -0.116. The lowest BCUT2D eigenvalue weighted by atomic mass is 10.1. The Morgan fingerprint density at radius 2 is 1.96 bits per heavy atom. The number of anilines is 1. The number of hydrogen-bond acceptors (Lipinski definition) is 4. The van der Waals surface area contributed by atoms with Crippen molar-refractivity contribution >= 4 is 22.5 Å². The van der Waals surface area contributed by atoms with Crippen molar-refractivity contribution in [3.05, 3.63) is 59.0 Å². The number of benzene rings is 2. The monoisotopic (exact) mass is 322 g/mol. The Bertz CT molecular complexity index is 944. The molecular weight excluding hydrogens is 304 g/mol. The molecule has 0 unspecified atom stereocenters. The van der Waals surface area contributed by atoms with E-state index in [1.807, 2.05) is 19.9 Å². The Hall–Kier alpha value is -2.95. The van der Waals surface area contributed by atoms with Crippen molar-refractivity contribution in [2.45, 2.75) is 20.3 Å². The Morgan fingerprint density at radius 3 is 2.75 bits per heavy atom. The molecule has 3 aromatic rings. The third-order valence-corrected chi connectivity index (χ3v) is 3.52. The largest absolute Gasteiger partial charge is 0.403 e. The molecule has 2 aromatic carbocycles. The van der Waals surface area contributed by atoms with Crippen LogP contribution in [0.3, 0.4) is 0 Å². The van der Waals surface area contributed by atoms with E-state index in [0.717, 1.165) is 0 Å². The smallest absolute Gasteiger partial charge is 0.347 e. The van der Waals surface area contributed by atoms with Crippen LogP contribution in [-0.2, 0) is 4.79 Å². The molecule has 3 rings (SSSR count). The molecule has 1 amide bonds. The zero-order valence-corrected chi connectivity index (χ0v) is 13.6. The van der Waals surface area contributed by atoms with E-state index in [-0.39, 0.29) is 17.7 Å². The topological polar surface area (TPSA) is 72.2 Å². The number of rotatable bonds is 4. The predicted molar refractivity (Wildman–Crippen MR) is 93.8 cm³/mol. The summed E-state index contributed by atoms with van der Waals surface area (Å²) in [5, 5.41) is 3.30. The normalized spacial score (nSPS) is 11.0. The highest BCUT2D eigenvalue weighted by atomic mass is 16.4. The van der Waals surface area contributed by atoms with E-state index in [2.05, 4.69) is 10.3 Å². The number of fused-ring (bicyclic) bond motifs is 1. The molecule has 0 saturated heterocycles. The fraction of sp³-hybridized carbons (Fsp3) is 0.211. The van der Waals surface area contributed by atoms with Gasteiger partial charge in [0.15, 0.2) is 0 Å².